The van der Waals surface area contributed by atoms with Crippen molar-refractivity contribution >= 4 is 0 Å². The third-order valence-electron chi connectivity index (χ3n) is 2.80. The van der Waals surface area contributed by atoms with Gasteiger partial charge in [-0.15, -0.1) is 0 Å². The van der Waals surface area contributed by atoms with E-state index < -0.39 is 0 Å². The Hall–Kier alpha value is -0.300. The molecule has 1 fully saturated rings. The molecule has 12 heavy (non-hydrogen) atoms. The summed E-state index contributed by atoms with van der Waals surface area (Å²) in [5, 5.41) is 3.67. The summed E-state index contributed by atoms with van der Waals surface area (Å²) in [6, 6.07) is 1.32. The number of nitrogens with one attached hydrogen (secondary N) is 1. The maximum atomic E-state index is 4.01. The molecule has 0 saturated heterocycles. The number of hydrogen-bond donors (Lipinski definition) is 1. The molecule has 0 spiro atoms. The van der Waals surface area contributed by atoms with Gasteiger partial charge in [-0.1, -0.05) is 31.9 Å². The lowest BCUT2D eigenvalue weighted by Crippen LogP contribution is -2.36. The van der Waals surface area contributed by atoms with E-state index in [2.05, 4.69) is 25.7 Å². The first-order valence-electron chi connectivity index (χ1n) is 5.15. The fourth-order valence-electron chi connectivity index (χ4n) is 1.99. The van der Waals surface area contributed by atoms with Crippen LogP contribution in [0.15, 0.2) is 12.2 Å². The van der Waals surface area contributed by atoms with Gasteiger partial charge in [-0.3, -0.25) is 0 Å². The molecule has 0 bridgehead atoms. The maximum absolute atomic E-state index is 4.01. The maximum Gasteiger partial charge on any atom is 0.0274 e. The van der Waals surface area contributed by atoms with Crippen LogP contribution >= 0.6 is 0 Å². The molecule has 1 heteroatoms. The summed E-state index contributed by atoms with van der Waals surface area (Å²) in [7, 11) is 0. The minimum Gasteiger partial charge on any atom is -0.308 e. The van der Waals surface area contributed by atoms with Crippen LogP contribution in [-0.4, -0.2) is 12.1 Å². The van der Waals surface area contributed by atoms with E-state index in [1.807, 2.05) is 0 Å². The Labute approximate surface area is 76.2 Å². The molecule has 1 aliphatic rings. The summed E-state index contributed by atoms with van der Waals surface area (Å²) in [4.78, 5) is 0. The van der Waals surface area contributed by atoms with Crippen LogP contribution < -0.4 is 5.32 Å². The predicted molar refractivity (Wildman–Crippen MR) is 54.3 cm³/mol. The molecule has 1 aliphatic carbocycles. The lowest BCUT2D eigenvalue weighted by atomic mass is 10.1. The normalized spacial score (nSPS) is 21.2. The van der Waals surface area contributed by atoms with Crippen LogP contribution in [0.4, 0.5) is 0 Å². The molecule has 0 radical (unpaired) electrons. The van der Waals surface area contributed by atoms with E-state index in [1.54, 1.807) is 0 Å². The average molecular weight is 167 g/mol. The Morgan fingerprint density at radius 3 is 2.50 bits per heavy atom. The first kappa shape index (κ1) is 9.79. The highest BCUT2D eigenvalue weighted by Crippen LogP contribution is 2.19. The van der Waals surface area contributed by atoms with E-state index in [0.29, 0.717) is 6.04 Å². The van der Waals surface area contributed by atoms with Crippen molar-refractivity contribution in [1.82, 2.24) is 5.32 Å². The summed E-state index contributed by atoms with van der Waals surface area (Å²) >= 11 is 0. The Bertz CT molecular complexity index is 145. The molecule has 1 unspecified atom stereocenters. The molecule has 0 heterocycles. The topological polar surface area (TPSA) is 12.0 Å². The quantitative estimate of drug-likeness (QED) is 0.635. The molecule has 0 aromatic carbocycles. The molecule has 1 nitrogen and oxygen atoms in total. The van der Waals surface area contributed by atoms with Crippen LogP contribution in [-0.2, 0) is 0 Å². The van der Waals surface area contributed by atoms with E-state index in [9.17, 15) is 0 Å². The zero-order chi connectivity index (χ0) is 8.97. The molecule has 1 rings (SSSR count). The van der Waals surface area contributed by atoms with Crippen molar-refractivity contribution in [3.8, 4) is 0 Å². The molecule has 0 aliphatic heterocycles. The molecule has 0 aromatic heterocycles. The van der Waals surface area contributed by atoms with Crippen LogP contribution in [0.5, 0.6) is 0 Å². The third-order valence-corrected chi connectivity index (χ3v) is 2.80. The second kappa shape index (κ2) is 4.66. The Balaban J connectivity index is 2.30. The lowest BCUT2D eigenvalue weighted by molar-refractivity contribution is 0.456. The Kier molecular flexibility index (Phi) is 3.80. The van der Waals surface area contributed by atoms with Crippen molar-refractivity contribution in [1.29, 1.82) is 0 Å². The first-order chi connectivity index (χ1) is 5.74. The van der Waals surface area contributed by atoms with Crippen LogP contribution in [0.1, 0.15) is 46.0 Å². The second-order valence-corrected chi connectivity index (χ2v) is 3.96. The van der Waals surface area contributed by atoms with Gasteiger partial charge in [0.25, 0.3) is 0 Å². The van der Waals surface area contributed by atoms with Crippen LogP contribution in [0, 0.1) is 0 Å². The Morgan fingerprint density at radius 1 is 1.50 bits per heavy atom. The van der Waals surface area contributed by atoms with Crippen molar-refractivity contribution in [2.75, 3.05) is 0 Å². The van der Waals surface area contributed by atoms with Gasteiger partial charge in [-0.05, 0) is 26.2 Å². The predicted octanol–water partition coefficient (Wildman–Crippen LogP) is 2.87. The standard InChI is InChI=1S/C11H21N/c1-4-11(9(2)3)12-10-7-5-6-8-10/h10-12H,2,4-8H2,1,3H3. The summed E-state index contributed by atoms with van der Waals surface area (Å²) in [6.07, 6.45) is 6.72. The van der Waals surface area contributed by atoms with E-state index in [-0.39, 0.29) is 0 Å². The van der Waals surface area contributed by atoms with Gasteiger partial charge in [-0.2, -0.15) is 0 Å². The van der Waals surface area contributed by atoms with Gasteiger partial charge in [0.2, 0.25) is 0 Å². The van der Waals surface area contributed by atoms with Gasteiger partial charge >= 0.3 is 0 Å². The fraction of sp³-hybridized carbons (Fsp3) is 0.818. The molecular formula is C11H21N. The zero-order valence-corrected chi connectivity index (χ0v) is 8.40. The highest BCUT2D eigenvalue weighted by atomic mass is 15.0. The molecule has 1 N–H and O–H groups in total. The third kappa shape index (κ3) is 2.63. The highest BCUT2D eigenvalue weighted by molar-refractivity contribution is 5.02. The van der Waals surface area contributed by atoms with Crippen LogP contribution in [0.25, 0.3) is 0 Å². The van der Waals surface area contributed by atoms with E-state index in [1.165, 1.54) is 37.7 Å². The molecule has 1 atom stereocenters. The number of rotatable bonds is 4. The molecule has 1 saturated carbocycles. The smallest absolute Gasteiger partial charge is 0.0274 e. The van der Waals surface area contributed by atoms with Crippen molar-refractivity contribution in [2.24, 2.45) is 0 Å². The molecule has 70 valence electrons. The van der Waals surface area contributed by atoms with Gasteiger partial charge in [0, 0.05) is 12.1 Å². The minimum atomic E-state index is 0.549. The van der Waals surface area contributed by atoms with E-state index in [4.69, 9.17) is 0 Å². The fourth-order valence-corrected chi connectivity index (χ4v) is 1.99. The SMILES string of the molecule is C=C(C)C(CC)NC1CCCC1. The summed E-state index contributed by atoms with van der Waals surface area (Å²) in [6.45, 7) is 8.35. The van der Waals surface area contributed by atoms with Gasteiger partial charge in [0.1, 0.15) is 0 Å². The average Bonchev–Trinajstić information content (AvgIpc) is 2.51. The number of hydrogen-bond acceptors (Lipinski definition) is 1. The molecule has 0 aromatic rings. The molecule has 0 amide bonds. The summed E-state index contributed by atoms with van der Waals surface area (Å²) in [5.41, 5.74) is 1.28. The monoisotopic (exact) mass is 167 g/mol. The second-order valence-electron chi connectivity index (χ2n) is 3.96. The minimum absolute atomic E-state index is 0.549. The van der Waals surface area contributed by atoms with Crippen molar-refractivity contribution < 1.29 is 0 Å². The van der Waals surface area contributed by atoms with Crippen LogP contribution in [0.2, 0.25) is 0 Å². The van der Waals surface area contributed by atoms with E-state index >= 15 is 0 Å². The van der Waals surface area contributed by atoms with Crippen molar-refractivity contribution in [2.45, 2.75) is 58.0 Å². The first-order valence-corrected chi connectivity index (χ1v) is 5.15. The Morgan fingerprint density at radius 2 is 2.08 bits per heavy atom. The van der Waals surface area contributed by atoms with Crippen molar-refractivity contribution in [3.63, 3.8) is 0 Å². The van der Waals surface area contributed by atoms with Crippen LogP contribution in [0.3, 0.4) is 0 Å². The largest absolute Gasteiger partial charge is 0.308 e. The lowest BCUT2D eigenvalue weighted by Gasteiger charge is -2.21. The zero-order valence-electron chi connectivity index (χ0n) is 8.40. The molecular weight excluding hydrogens is 146 g/mol. The van der Waals surface area contributed by atoms with Gasteiger partial charge in [-0.25, -0.2) is 0 Å². The summed E-state index contributed by atoms with van der Waals surface area (Å²) < 4.78 is 0. The van der Waals surface area contributed by atoms with Gasteiger partial charge < -0.3 is 5.32 Å². The van der Waals surface area contributed by atoms with E-state index in [0.717, 1.165) is 6.04 Å². The van der Waals surface area contributed by atoms with Gasteiger partial charge in [0.15, 0.2) is 0 Å². The summed E-state index contributed by atoms with van der Waals surface area (Å²) in [5.74, 6) is 0. The van der Waals surface area contributed by atoms with Gasteiger partial charge in [0.05, 0.1) is 0 Å². The highest BCUT2D eigenvalue weighted by Gasteiger charge is 2.17. The van der Waals surface area contributed by atoms with Crippen molar-refractivity contribution in [3.05, 3.63) is 12.2 Å².